The molecule has 1 atom stereocenters. The summed E-state index contributed by atoms with van der Waals surface area (Å²) in [5.41, 5.74) is 0.697. The van der Waals surface area contributed by atoms with Crippen LogP contribution in [0.1, 0.15) is 12.8 Å². The first-order chi connectivity index (χ1) is 9.63. The van der Waals surface area contributed by atoms with E-state index in [9.17, 15) is 9.59 Å². The van der Waals surface area contributed by atoms with Crippen LogP contribution in [0.25, 0.3) is 10.9 Å². The molecule has 2 N–H and O–H groups in total. The number of imide groups is 1. The third kappa shape index (κ3) is 2.42. The summed E-state index contributed by atoms with van der Waals surface area (Å²) in [5, 5.41) is 6.22. The Bertz CT molecular complexity index is 704. The number of benzene rings is 1. The van der Waals surface area contributed by atoms with Crippen molar-refractivity contribution in [3.8, 4) is 0 Å². The SMILES string of the molecule is O=C1CCC(Nc2nc(Cl)nc3ccccc23)C(=O)N1. The van der Waals surface area contributed by atoms with Crippen LogP contribution >= 0.6 is 11.6 Å². The summed E-state index contributed by atoms with van der Waals surface area (Å²) in [6, 6.07) is 6.87. The summed E-state index contributed by atoms with van der Waals surface area (Å²) in [7, 11) is 0. The number of halogens is 1. The van der Waals surface area contributed by atoms with E-state index in [4.69, 9.17) is 11.6 Å². The van der Waals surface area contributed by atoms with Gasteiger partial charge in [0, 0.05) is 11.8 Å². The molecule has 0 radical (unpaired) electrons. The Morgan fingerprint density at radius 1 is 1.25 bits per heavy atom. The Morgan fingerprint density at radius 2 is 2.05 bits per heavy atom. The average molecular weight is 291 g/mol. The Hall–Kier alpha value is -2.21. The smallest absolute Gasteiger partial charge is 0.249 e. The van der Waals surface area contributed by atoms with Crippen molar-refractivity contribution in [3.05, 3.63) is 29.5 Å². The minimum absolute atomic E-state index is 0.110. The summed E-state index contributed by atoms with van der Waals surface area (Å²) >= 11 is 5.88. The lowest BCUT2D eigenvalue weighted by atomic mass is 10.1. The molecule has 1 aliphatic rings. The Kier molecular flexibility index (Phi) is 3.23. The molecule has 0 aliphatic carbocycles. The van der Waals surface area contributed by atoms with E-state index in [0.29, 0.717) is 24.2 Å². The second kappa shape index (κ2) is 5.05. The molecule has 1 aliphatic heterocycles. The molecule has 2 aromatic rings. The standard InChI is InChI=1S/C13H11ClN4O2/c14-13-16-8-4-2-1-3-7(8)11(18-13)15-9-5-6-10(19)17-12(9)20/h1-4,9H,5-6H2,(H,15,16,18)(H,17,19,20). The van der Waals surface area contributed by atoms with Gasteiger partial charge in [-0.05, 0) is 30.2 Å². The molecule has 1 fully saturated rings. The first-order valence-electron chi connectivity index (χ1n) is 6.16. The van der Waals surface area contributed by atoms with Gasteiger partial charge in [-0.15, -0.1) is 0 Å². The molecule has 1 unspecified atom stereocenters. The monoisotopic (exact) mass is 290 g/mol. The van der Waals surface area contributed by atoms with E-state index in [0.717, 1.165) is 5.39 Å². The molecule has 2 heterocycles. The third-order valence-corrected chi connectivity index (χ3v) is 3.30. The fourth-order valence-corrected chi connectivity index (χ4v) is 2.33. The van der Waals surface area contributed by atoms with Crippen LogP contribution in [-0.4, -0.2) is 27.8 Å². The molecule has 1 saturated heterocycles. The van der Waals surface area contributed by atoms with Crippen LogP contribution < -0.4 is 10.6 Å². The molecule has 0 spiro atoms. The van der Waals surface area contributed by atoms with Crippen molar-refractivity contribution in [1.29, 1.82) is 0 Å². The van der Waals surface area contributed by atoms with Crippen molar-refractivity contribution in [3.63, 3.8) is 0 Å². The van der Waals surface area contributed by atoms with Crippen LogP contribution in [-0.2, 0) is 9.59 Å². The highest BCUT2D eigenvalue weighted by Gasteiger charge is 2.27. The van der Waals surface area contributed by atoms with Gasteiger partial charge in [0.15, 0.2) is 0 Å². The first-order valence-corrected chi connectivity index (χ1v) is 6.54. The maximum atomic E-state index is 11.8. The summed E-state index contributed by atoms with van der Waals surface area (Å²) in [6.45, 7) is 0. The zero-order valence-electron chi connectivity index (χ0n) is 10.4. The van der Waals surface area contributed by atoms with E-state index in [-0.39, 0.29) is 17.1 Å². The van der Waals surface area contributed by atoms with E-state index < -0.39 is 6.04 Å². The second-order valence-electron chi connectivity index (χ2n) is 4.51. The van der Waals surface area contributed by atoms with Crippen LogP contribution in [0, 0.1) is 0 Å². The Labute approximate surface area is 119 Å². The van der Waals surface area contributed by atoms with Gasteiger partial charge in [-0.2, -0.15) is 0 Å². The third-order valence-electron chi connectivity index (χ3n) is 3.13. The number of fused-ring (bicyclic) bond motifs is 1. The number of nitrogens with zero attached hydrogens (tertiary/aromatic N) is 2. The highest BCUT2D eigenvalue weighted by molar-refractivity contribution is 6.28. The number of piperidine rings is 1. The number of rotatable bonds is 2. The number of carbonyl (C=O) groups excluding carboxylic acids is 2. The molecule has 7 heteroatoms. The van der Waals surface area contributed by atoms with Gasteiger partial charge in [0.2, 0.25) is 17.1 Å². The molecule has 2 amide bonds. The Morgan fingerprint density at radius 3 is 2.85 bits per heavy atom. The lowest BCUT2D eigenvalue weighted by Crippen LogP contribution is -2.47. The van der Waals surface area contributed by atoms with E-state index >= 15 is 0 Å². The van der Waals surface area contributed by atoms with Crippen molar-refractivity contribution in [2.24, 2.45) is 0 Å². The van der Waals surface area contributed by atoms with Gasteiger partial charge in [0.05, 0.1) is 5.52 Å². The van der Waals surface area contributed by atoms with Gasteiger partial charge < -0.3 is 5.32 Å². The van der Waals surface area contributed by atoms with Crippen molar-refractivity contribution in [2.45, 2.75) is 18.9 Å². The normalized spacial score (nSPS) is 18.9. The minimum atomic E-state index is -0.498. The maximum absolute atomic E-state index is 11.8. The highest BCUT2D eigenvalue weighted by Crippen LogP contribution is 2.23. The minimum Gasteiger partial charge on any atom is -0.358 e. The van der Waals surface area contributed by atoms with Crippen molar-refractivity contribution in [2.75, 3.05) is 5.32 Å². The predicted molar refractivity (Wildman–Crippen MR) is 74.3 cm³/mol. The van der Waals surface area contributed by atoms with E-state index in [1.54, 1.807) is 0 Å². The summed E-state index contributed by atoms with van der Waals surface area (Å²) < 4.78 is 0. The van der Waals surface area contributed by atoms with Crippen LogP contribution in [0.5, 0.6) is 0 Å². The fourth-order valence-electron chi connectivity index (χ4n) is 2.15. The predicted octanol–water partition coefficient (Wildman–Crippen LogP) is 1.50. The van der Waals surface area contributed by atoms with Crippen molar-refractivity contribution >= 4 is 40.1 Å². The first kappa shape index (κ1) is 12.8. The number of aromatic nitrogens is 2. The number of hydrogen-bond donors (Lipinski definition) is 2. The van der Waals surface area contributed by atoms with Crippen molar-refractivity contribution < 1.29 is 9.59 Å². The summed E-state index contributed by atoms with van der Waals surface area (Å²) in [5.74, 6) is -0.103. The number of nitrogens with one attached hydrogen (secondary N) is 2. The maximum Gasteiger partial charge on any atom is 0.249 e. The summed E-state index contributed by atoms with van der Waals surface area (Å²) in [6.07, 6.45) is 0.737. The number of amides is 2. The fraction of sp³-hybridized carbons (Fsp3) is 0.231. The van der Waals surface area contributed by atoms with E-state index in [1.807, 2.05) is 24.3 Å². The number of para-hydroxylation sites is 1. The number of hydrogen-bond acceptors (Lipinski definition) is 5. The molecule has 0 bridgehead atoms. The molecule has 1 aromatic carbocycles. The number of carbonyl (C=O) groups is 2. The Balaban J connectivity index is 1.94. The summed E-state index contributed by atoms with van der Waals surface area (Å²) in [4.78, 5) is 31.1. The van der Waals surface area contributed by atoms with Gasteiger partial charge >= 0.3 is 0 Å². The van der Waals surface area contributed by atoms with Gasteiger partial charge in [0.25, 0.3) is 0 Å². The van der Waals surface area contributed by atoms with Crippen LogP contribution in [0.3, 0.4) is 0 Å². The quantitative estimate of drug-likeness (QED) is 0.647. The van der Waals surface area contributed by atoms with Crippen LogP contribution in [0.15, 0.2) is 24.3 Å². The lowest BCUT2D eigenvalue weighted by Gasteiger charge is -2.22. The highest BCUT2D eigenvalue weighted by atomic mass is 35.5. The number of anilines is 1. The van der Waals surface area contributed by atoms with Crippen LogP contribution in [0.2, 0.25) is 5.28 Å². The average Bonchev–Trinajstić information content (AvgIpc) is 2.41. The molecule has 3 rings (SSSR count). The molecule has 20 heavy (non-hydrogen) atoms. The largest absolute Gasteiger partial charge is 0.358 e. The molecule has 1 aromatic heterocycles. The van der Waals surface area contributed by atoms with Gasteiger partial charge in [-0.3, -0.25) is 14.9 Å². The zero-order chi connectivity index (χ0) is 14.1. The lowest BCUT2D eigenvalue weighted by molar-refractivity contribution is -0.133. The van der Waals surface area contributed by atoms with Gasteiger partial charge in [-0.25, -0.2) is 9.97 Å². The van der Waals surface area contributed by atoms with E-state index in [2.05, 4.69) is 20.6 Å². The molecule has 6 nitrogen and oxygen atoms in total. The van der Waals surface area contributed by atoms with Crippen molar-refractivity contribution in [1.82, 2.24) is 15.3 Å². The molecule has 0 saturated carbocycles. The molecule has 102 valence electrons. The van der Waals surface area contributed by atoms with Crippen LogP contribution in [0.4, 0.5) is 5.82 Å². The molecular weight excluding hydrogens is 280 g/mol. The van der Waals surface area contributed by atoms with Gasteiger partial charge in [0.1, 0.15) is 11.9 Å². The molecular formula is C13H11ClN4O2. The zero-order valence-corrected chi connectivity index (χ0v) is 11.1. The topological polar surface area (TPSA) is 84.0 Å². The second-order valence-corrected chi connectivity index (χ2v) is 4.84. The van der Waals surface area contributed by atoms with E-state index in [1.165, 1.54) is 0 Å². The van der Waals surface area contributed by atoms with Gasteiger partial charge in [-0.1, -0.05) is 12.1 Å².